The molecule has 0 aromatic carbocycles. The summed E-state index contributed by atoms with van der Waals surface area (Å²) in [4.78, 5) is 14.6. The molecule has 3 N–H and O–H groups in total. The molecule has 4 nitrogen and oxygen atoms in total. The molecule has 0 radical (unpaired) electrons. The summed E-state index contributed by atoms with van der Waals surface area (Å²) in [7, 11) is 0. The van der Waals surface area contributed by atoms with Crippen molar-refractivity contribution >= 4 is 29.1 Å². The summed E-state index contributed by atoms with van der Waals surface area (Å²) in [6.45, 7) is 0. The molecule has 0 fully saturated rings. The maximum Gasteiger partial charge on any atom is 0.285 e. The standard InChI is InChI=1S/C6H5Cl2N3O/c7-3-1-2-4(8)10-5(3)6(12)11-9/h1-2H,9H2,(H,11,12). The molecule has 1 rings (SSSR count). The molecule has 1 heterocycles. The average Bonchev–Trinajstić information content (AvgIpc) is 2.08. The van der Waals surface area contributed by atoms with E-state index in [4.69, 9.17) is 29.0 Å². The second-order valence-electron chi connectivity index (χ2n) is 1.94. The van der Waals surface area contributed by atoms with Gasteiger partial charge in [0.25, 0.3) is 5.91 Å². The Bertz CT molecular complexity index is 316. The van der Waals surface area contributed by atoms with Crippen molar-refractivity contribution in [1.82, 2.24) is 10.4 Å². The van der Waals surface area contributed by atoms with E-state index in [1.807, 2.05) is 5.43 Å². The summed E-state index contributed by atoms with van der Waals surface area (Å²) < 4.78 is 0. The zero-order chi connectivity index (χ0) is 9.14. The van der Waals surface area contributed by atoms with Crippen molar-refractivity contribution in [3.05, 3.63) is 28.0 Å². The lowest BCUT2D eigenvalue weighted by molar-refractivity contribution is 0.0949. The Morgan fingerprint density at radius 3 is 2.75 bits per heavy atom. The van der Waals surface area contributed by atoms with Gasteiger partial charge in [0.1, 0.15) is 10.8 Å². The molecule has 1 aromatic rings. The number of nitrogen functional groups attached to an aromatic ring is 1. The molecule has 0 unspecified atom stereocenters. The Morgan fingerprint density at radius 1 is 1.50 bits per heavy atom. The average molecular weight is 206 g/mol. The van der Waals surface area contributed by atoms with Gasteiger partial charge in [-0.1, -0.05) is 23.2 Å². The van der Waals surface area contributed by atoms with Crippen molar-refractivity contribution in [3.8, 4) is 0 Å². The summed E-state index contributed by atoms with van der Waals surface area (Å²) in [6.07, 6.45) is 0. The minimum Gasteiger partial charge on any atom is -0.289 e. The minimum atomic E-state index is -0.567. The Kier molecular flexibility index (Phi) is 2.86. The molecule has 0 aliphatic rings. The Hall–Kier alpha value is -0.840. The summed E-state index contributed by atoms with van der Waals surface area (Å²) in [5, 5.41) is 0.403. The highest BCUT2D eigenvalue weighted by Crippen LogP contribution is 2.16. The molecule has 0 aliphatic carbocycles. The fraction of sp³-hybridized carbons (Fsp3) is 0. The van der Waals surface area contributed by atoms with Crippen molar-refractivity contribution < 1.29 is 4.79 Å². The van der Waals surface area contributed by atoms with Gasteiger partial charge in [0, 0.05) is 0 Å². The molecule has 0 spiro atoms. The second kappa shape index (κ2) is 3.71. The van der Waals surface area contributed by atoms with E-state index in [0.29, 0.717) is 0 Å². The van der Waals surface area contributed by atoms with Crippen LogP contribution in [0.5, 0.6) is 0 Å². The summed E-state index contributed by atoms with van der Waals surface area (Å²) >= 11 is 11.2. The lowest BCUT2D eigenvalue weighted by Crippen LogP contribution is -2.31. The first-order valence-corrected chi connectivity index (χ1v) is 3.73. The predicted octanol–water partition coefficient (Wildman–Crippen LogP) is 0.992. The molecule has 6 heteroatoms. The number of hydrogen-bond donors (Lipinski definition) is 2. The number of nitrogens with one attached hydrogen (secondary N) is 1. The van der Waals surface area contributed by atoms with Gasteiger partial charge in [0.15, 0.2) is 0 Å². The van der Waals surface area contributed by atoms with Crippen LogP contribution in [-0.4, -0.2) is 10.9 Å². The van der Waals surface area contributed by atoms with Crippen LogP contribution < -0.4 is 11.3 Å². The molecule has 1 amide bonds. The molecular weight excluding hydrogens is 201 g/mol. The highest BCUT2D eigenvalue weighted by Gasteiger charge is 2.10. The number of hydrogen-bond acceptors (Lipinski definition) is 3. The van der Waals surface area contributed by atoms with Crippen molar-refractivity contribution in [2.45, 2.75) is 0 Å². The predicted molar refractivity (Wildman–Crippen MR) is 45.9 cm³/mol. The monoisotopic (exact) mass is 205 g/mol. The number of pyridine rings is 1. The largest absolute Gasteiger partial charge is 0.289 e. The normalized spacial score (nSPS) is 9.58. The van der Waals surface area contributed by atoms with Crippen molar-refractivity contribution in [2.75, 3.05) is 0 Å². The SMILES string of the molecule is NNC(=O)c1nc(Cl)ccc1Cl. The topological polar surface area (TPSA) is 68.0 Å². The van der Waals surface area contributed by atoms with E-state index in [1.54, 1.807) is 0 Å². The van der Waals surface area contributed by atoms with Crippen molar-refractivity contribution in [3.63, 3.8) is 0 Å². The second-order valence-corrected chi connectivity index (χ2v) is 2.73. The Labute approximate surface area is 78.6 Å². The third-order valence-corrected chi connectivity index (χ3v) is 1.67. The van der Waals surface area contributed by atoms with Crippen molar-refractivity contribution in [2.24, 2.45) is 5.84 Å². The molecule has 0 bridgehead atoms. The maximum atomic E-state index is 10.9. The Morgan fingerprint density at radius 2 is 2.17 bits per heavy atom. The molecule has 12 heavy (non-hydrogen) atoms. The van der Waals surface area contributed by atoms with Crippen LogP contribution in [0.4, 0.5) is 0 Å². The summed E-state index contributed by atoms with van der Waals surface area (Å²) in [5.41, 5.74) is 1.92. The molecule has 0 saturated heterocycles. The van der Waals surface area contributed by atoms with E-state index >= 15 is 0 Å². The van der Waals surface area contributed by atoms with Crippen LogP contribution in [0.1, 0.15) is 10.5 Å². The van der Waals surface area contributed by atoms with Crippen LogP contribution >= 0.6 is 23.2 Å². The van der Waals surface area contributed by atoms with E-state index in [0.717, 1.165) is 0 Å². The van der Waals surface area contributed by atoms with E-state index in [-0.39, 0.29) is 15.9 Å². The molecule has 1 aromatic heterocycles. The molecule has 0 aliphatic heterocycles. The van der Waals surface area contributed by atoms with Gasteiger partial charge in [-0.3, -0.25) is 10.2 Å². The number of nitrogens with zero attached hydrogens (tertiary/aromatic N) is 1. The molecular formula is C6H5Cl2N3O. The van der Waals surface area contributed by atoms with Crippen LogP contribution in [0.25, 0.3) is 0 Å². The first kappa shape index (κ1) is 9.25. The fourth-order valence-electron chi connectivity index (χ4n) is 0.646. The van der Waals surface area contributed by atoms with E-state index in [9.17, 15) is 4.79 Å². The highest BCUT2D eigenvalue weighted by molar-refractivity contribution is 6.34. The lowest BCUT2D eigenvalue weighted by Gasteiger charge is -2.00. The van der Waals surface area contributed by atoms with E-state index in [1.165, 1.54) is 12.1 Å². The first-order valence-electron chi connectivity index (χ1n) is 2.98. The van der Waals surface area contributed by atoms with Gasteiger partial charge in [-0.2, -0.15) is 0 Å². The number of aromatic nitrogens is 1. The first-order chi connectivity index (χ1) is 5.65. The third kappa shape index (κ3) is 1.85. The number of carbonyl (C=O) groups excluding carboxylic acids is 1. The van der Waals surface area contributed by atoms with Crippen molar-refractivity contribution in [1.29, 1.82) is 0 Å². The smallest absolute Gasteiger partial charge is 0.285 e. The molecule has 0 saturated carbocycles. The minimum absolute atomic E-state index is 0.0201. The zero-order valence-electron chi connectivity index (χ0n) is 5.84. The molecule has 0 atom stereocenters. The van der Waals surface area contributed by atoms with Gasteiger partial charge < -0.3 is 0 Å². The van der Waals surface area contributed by atoms with Crippen LogP contribution in [0.3, 0.4) is 0 Å². The van der Waals surface area contributed by atoms with E-state index < -0.39 is 5.91 Å². The fourth-order valence-corrected chi connectivity index (χ4v) is 0.985. The van der Waals surface area contributed by atoms with Gasteiger partial charge in [-0.25, -0.2) is 10.8 Å². The van der Waals surface area contributed by atoms with Gasteiger partial charge in [-0.05, 0) is 12.1 Å². The number of halogens is 2. The highest BCUT2D eigenvalue weighted by atomic mass is 35.5. The summed E-state index contributed by atoms with van der Waals surface area (Å²) in [5.74, 6) is 4.31. The molecule has 64 valence electrons. The van der Waals surface area contributed by atoms with Gasteiger partial charge >= 0.3 is 0 Å². The number of amides is 1. The quantitative estimate of drug-likeness (QED) is 0.311. The Balaban J connectivity index is 3.13. The van der Waals surface area contributed by atoms with Gasteiger partial charge in [0.05, 0.1) is 5.02 Å². The number of hydrazine groups is 1. The van der Waals surface area contributed by atoms with Crippen LogP contribution in [-0.2, 0) is 0 Å². The number of carbonyl (C=O) groups is 1. The van der Waals surface area contributed by atoms with Crippen LogP contribution in [0, 0.1) is 0 Å². The van der Waals surface area contributed by atoms with Crippen LogP contribution in [0.15, 0.2) is 12.1 Å². The maximum absolute atomic E-state index is 10.9. The lowest BCUT2D eigenvalue weighted by atomic mass is 10.3. The van der Waals surface area contributed by atoms with Crippen LogP contribution in [0.2, 0.25) is 10.2 Å². The number of rotatable bonds is 1. The third-order valence-electron chi connectivity index (χ3n) is 1.16. The number of nitrogens with two attached hydrogens (primary N) is 1. The zero-order valence-corrected chi connectivity index (χ0v) is 7.36. The summed E-state index contributed by atoms with van der Waals surface area (Å²) in [6, 6.07) is 2.96. The van der Waals surface area contributed by atoms with Gasteiger partial charge in [0.2, 0.25) is 0 Å². The van der Waals surface area contributed by atoms with E-state index in [2.05, 4.69) is 4.98 Å². The van der Waals surface area contributed by atoms with Gasteiger partial charge in [-0.15, -0.1) is 0 Å².